The molecule has 2 atom stereocenters. The van der Waals surface area contributed by atoms with E-state index in [1.54, 1.807) is 0 Å². The van der Waals surface area contributed by atoms with Gasteiger partial charge in [-0.15, -0.1) is 0 Å². The van der Waals surface area contributed by atoms with E-state index in [0.717, 1.165) is 32.0 Å². The summed E-state index contributed by atoms with van der Waals surface area (Å²) < 4.78 is 5.32. The lowest BCUT2D eigenvalue weighted by Crippen LogP contribution is -2.31. The Hall–Kier alpha value is -0.0800. The maximum atomic E-state index is 9.60. The molecule has 0 aliphatic carbocycles. The second kappa shape index (κ2) is 4.83. The van der Waals surface area contributed by atoms with Crippen molar-refractivity contribution in [2.45, 2.75) is 39.2 Å². The molecule has 1 fully saturated rings. The third-order valence-corrected chi connectivity index (χ3v) is 2.55. The van der Waals surface area contributed by atoms with Crippen LogP contribution in [0.3, 0.4) is 0 Å². The van der Waals surface area contributed by atoms with Crippen LogP contribution in [0.2, 0.25) is 0 Å². The Morgan fingerprint density at radius 2 is 2.25 bits per heavy atom. The lowest BCUT2D eigenvalue weighted by molar-refractivity contribution is -0.0397. The highest BCUT2D eigenvalue weighted by Gasteiger charge is 2.23. The highest BCUT2D eigenvalue weighted by atomic mass is 16.5. The largest absolute Gasteiger partial charge is 0.393 e. The molecule has 1 saturated heterocycles. The van der Waals surface area contributed by atoms with Crippen LogP contribution < -0.4 is 0 Å². The summed E-state index contributed by atoms with van der Waals surface area (Å²) in [6, 6.07) is 0. The molecule has 0 spiro atoms. The second-order valence-corrected chi connectivity index (χ2v) is 4.16. The van der Waals surface area contributed by atoms with E-state index in [2.05, 4.69) is 13.8 Å². The molecule has 1 rings (SSSR count). The fourth-order valence-corrected chi connectivity index (χ4v) is 1.61. The van der Waals surface area contributed by atoms with Gasteiger partial charge < -0.3 is 9.84 Å². The molecule has 72 valence electrons. The van der Waals surface area contributed by atoms with Crippen LogP contribution >= 0.6 is 0 Å². The Balaban J connectivity index is 2.20. The van der Waals surface area contributed by atoms with Gasteiger partial charge in [0.1, 0.15) is 0 Å². The summed E-state index contributed by atoms with van der Waals surface area (Å²) in [6.45, 7) is 5.93. The van der Waals surface area contributed by atoms with Crippen molar-refractivity contribution in [3.63, 3.8) is 0 Å². The number of rotatable bonds is 3. The van der Waals surface area contributed by atoms with Crippen LogP contribution in [-0.2, 0) is 4.74 Å². The van der Waals surface area contributed by atoms with Crippen LogP contribution in [0.25, 0.3) is 0 Å². The second-order valence-electron chi connectivity index (χ2n) is 4.16. The molecule has 0 aromatic carbocycles. The standard InChI is InChI=1S/C10H20O2/c1-8(2)3-4-9-7-12-6-5-10(9)11/h8-11H,3-7H2,1-2H3. The Morgan fingerprint density at radius 3 is 2.83 bits per heavy atom. The molecular formula is C10H20O2. The summed E-state index contributed by atoms with van der Waals surface area (Å²) in [5.41, 5.74) is 0. The Labute approximate surface area is 74.9 Å². The van der Waals surface area contributed by atoms with Gasteiger partial charge in [0.25, 0.3) is 0 Å². The Kier molecular flexibility index (Phi) is 4.02. The lowest BCUT2D eigenvalue weighted by atomic mass is 9.91. The quantitative estimate of drug-likeness (QED) is 0.703. The van der Waals surface area contributed by atoms with Crippen molar-refractivity contribution in [2.75, 3.05) is 13.2 Å². The Morgan fingerprint density at radius 1 is 1.50 bits per heavy atom. The molecule has 1 heterocycles. The average molecular weight is 172 g/mol. The van der Waals surface area contributed by atoms with Crippen molar-refractivity contribution in [1.82, 2.24) is 0 Å². The van der Waals surface area contributed by atoms with Crippen molar-refractivity contribution in [1.29, 1.82) is 0 Å². The topological polar surface area (TPSA) is 29.5 Å². The van der Waals surface area contributed by atoms with E-state index >= 15 is 0 Å². The highest BCUT2D eigenvalue weighted by molar-refractivity contribution is 4.72. The molecule has 0 aromatic rings. The molecule has 0 bridgehead atoms. The molecule has 0 amide bonds. The van der Waals surface area contributed by atoms with E-state index in [9.17, 15) is 5.11 Å². The molecule has 2 heteroatoms. The predicted molar refractivity (Wildman–Crippen MR) is 49.0 cm³/mol. The van der Waals surface area contributed by atoms with E-state index in [0.29, 0.717) is 5.92 Å². The summed E-state index contributed by atoms with van der Waals surface area (Å²) in [7, 11) is 0. The summed E-state index contributed by atoms with van der Waals surface area (Å²) in [4.78, 5) is 0. The molecule has 0 saturated carbocycles. The number of ether oxygens (including phenoxy) is 1. The molecule has 12 heavy (non-hydrogen) atoms. The first-order valence-electron chi connectivity index (χ1n) is 4.96. The molecule has 0 aromatic heterocycles. The fourth-order valence-electron chi connectivity index (χ4n) is 1.61. The summed E-state index contributed by atoms with van der Waals surface area (Å²) in [6.07, 6.45) is 3.02. The van der Waals surface area contributed by atoms with Crippen molar-refractivity contribution in [3.05, 3.63) is 0 Å². The average Bonchev–Trinajstić information content (AvgIpc) is 2.03. The van der Waals surface area contributed by atoms with Gasteiger partial charge in [0.2, 0.25) is 0 Å². The SMILES string of the molecule is CC(C)CCC1COCCC1O. The molecule has 0 radical (unpaired) electrons. The zero-order valence-electron chi connectivity index (χ0n) is 8.12. The van der Waals surface area contributed by atoms with Gasteiger partial charge >= 0.3 is 0 Å². The first-order valence-corrected chi connectivity index (χ1v) is 4.96. The summed E-state index contributed by atoms with van der Waals surface area (Å²) in [5, 5.41) is 9.60. The van der Waals surface area contributed by atoms with Crippen LogP contribution in [0, 0.1) is 11.8 Å². The van der Waals surface area contributed by atoms with E-state index < -0.39 is 0 Å². The van der Waals surface area contributed by atoms with Gasteiger partial charge in [-0.1, -0.05) is 20.3 Å². The van der Waals surface area contributed by atoms with Crippen LogP contribution in [-0.4, -0.2) is 24.4 Å². The molecule has 1 N–H and O–H groups in total. The monoisotopic (exact) mass is 172 g/mol. The number of hydrogen-bond acceptors (Lipinski definition) is 2. The maximum Gasteiger partial charge on any atom is 0.0612 e. The van der Waals surface area contributed by atoms with Crippen molar-refractivity contribution in [2.24, 2.45) is 11.8 Å². The minimum atomic E-state index is -0.113. The number of aliphatic hydroxyl groups is 1. The van der Waals surface area contributed by atoms with E-state index in [1.165, 1.54) is 6.42 Å². The smallest absolute Gasteiger partial charge is 0.0612 e. The van der Waals surface area contributed by atoms with Gasteiger partial charge in [-0.25, -0.2) is 0 Å². The normalized spacial score (nSPS) is 31.0. The maximum absolute atomic E-state index is 9.60. The van der Waals surface area contributed by atoms with Crippen LogP contribution in [0.5, 0.6) is 0 Å². The first kappa shape index (κ1) is 10.0. The van der Waals surface area contributed by atoms with Gasteiger partial charge in [-0.2, -0.15) is 0 Å². The first-order chi connectivity index (χ1) is 5.70. The molecular weight excluding hydrogens is 152 g/mol. The predicted octanol–water partition coefficient (Wildman–Crippen LogP) is 1.82. The summed E-state index contributed by atoms with van der Waals surface area (Å²) >= 11 is 0. The lowest BCUT2D eigenvalue weighted by Gasteiger charge is -2.28. The van der Waals surface area contributed by atoms with Gasteiger partial charge in [0.05, 0.1) is 12.7 Å². The molecule has 2 nitrogen and oxygen atoms in total. The van der Waals surface area contributed by atoms with E-state index in [1.807, 2.05) is 0 Å². The van der Waals surface area contributed by atoms with Crippen LogP contribution in [0.15, 0.2) is 0 Å². The van der Waals surface area contributed by atoms with Crippen molar-refractivity contribution >= 4 is 0 Å². The minimum Gasteiger partial charge on any atom is -0.393 e. The van der Waals surface area contributed by atoms with Crippen molar-refractivity contribution < 1.29 is 9.84 Å². The third kappa shape index (κ3) is 3.11. The van der Waals surface area contributed by atoms with E-state index in [-0.39, 0.29) is 6.10 Å². The van der Waals surface area contributed by atoms with Gasteiger partial charge in [0, 0.05) is 12.5 Å². The Bertz CT molecular complexity index is 123. The number of aliphatic hydroxyl groups excluding tert-OH is 1. The van der Waals surface area contributed by atoms with Crippen LogP contribution in [0.4, 0.5) is 0 Å². The van der Waals surface area contributed by atoms with Gasteiger partial charge in [-0.3, -0.25) is 0 Å². The summed E-state index contributed by atoms with van der Waals surface area (Å²) in [5.74, 6) is 1.13. The number of hydrogen-bond donors (Lipinski definition) is 1. The van der Waals surface area contributed by atoms with Gasteiger partial charge in [-0.05, 0) is 18.8 Å². The third-order valence-electron chi connectivity index (χ3n) is 2.55. The van der Waals surface area contributed by atoms with Crippen molar-refractivity contribution in [3.8, 4) is 0 Å². The molecule has 1 aliphatic rings. The van der Waals surface area contributed by atoms with Gasteiger partial charge in [0.15, 0.2) is 0 Å². The van der Waals surface area contributed by atoms with Crippen LogP contribution in [0.1, 0.15) is 33.1 Å². The van der Waals surface area contributed by atoms with E-state index in [4.69, 9.17) is 4.74 Å². The zero-order chi connectivity index (χ0) is 8.97. The molecule has 1 aliphatic heterocycles. The molecule has 2 unspecified atom stereocenters. The fraction of sp³-hybridized carbons (Fsp3) is 1.00. The highest BCUT2D eigenvalue weighted by Crippen LogP contribution is 2.21. The zero-order valence-corrected chi connectivity index (χ0v) is 8.12. The minimum absolute atomic E-state index is 0.113.